The molecule has 0 aliphatic carbocycles. The van der Waals surface area contributed by atoms with E-state index in [0.717, 1.165) is 22.4 Å². The summed E-state index contributed by atoms with van der Waals surface area (Å²) in [6, 6.07) is 29.2. The number of aryl methyl sites for hydroxylation is 1. The third kappa shape index (κ3) is 4.61. The van der Waals surface area contributed by atoms with E-state index in [2.05, 4.69) is 10.4 Å². The van der Waals surface area contributed by atoms with E-state index in [1.54, 1.807) is 0 Å². The Morgan fingerprint density at radius 3 is 2.07 bits per heavy atom. The summed E-state index contributed by atoms with van der Waals surface area (Å²) in [7, 11) is 0. The minimum absolute atomic E-state index is 0.108. The van der Waals surface area contributed by atoms with Crippen molar-refractivity contribution in [2.24, 2.45) is 0 Å². The molecule has 0 unspecified atom stereocenters. The topological polar surface area (TPSA) is 46.9 Å². The van der Waals surface area contributed by atoms with Gasteiger partial charge in [0.15, 0.2) is 5.82 Å². The number of rotatable bonds is 6. The smallest absolute Gasteiger partial charge is 0.237 e. The van der Waals surface area contributed by atoms with Gasteiger partial charge in [-0.05, 0) is 35.7 Å². The van der Waals surface area contributed by atoms with Crippen molar-refractivity contribution in [1.29, 1.82) is 0 Å². The molecule has 1 aromatic heterocycles. The fraction of sp³-hybridized carbons (Fsp3) is 0.120. The summed E-state index contributed by atoms with van der Waals surface area (Å²) in [6.07, 6.45) is 0. The molecule has 0 saturated carbocycles. The molecule has 4 nitrogen and oxygen atoms in total. The van der Waals surface area contributed by atoms with Crippen molar-refractivity contribution in [2.45, 2.75) is 19.4 Å². The van der Waals surface area contributed by atoms with Gasteiger partial charge in [0.05, 0.1) is 12.5 Å². The van der Waals surface area contributed by atoms with Crippen LogP contribution in [0.4, 0.5) is 5.82 Å². The molecule has 0 saturated heterocycles. The summed E-state index contributed by atoms with van der Waals surface area (Å²) < 4.78 is 1.87. The van der Waals surface area contributed by atoms with Gasteiger partial charge in [0.25, 0.3) is 0 Å². The van der Waals surface area contributed by atoms with Crippen LogP contribution in [0.3, 0.4) is 0 Å². The number of hydrogen-bond acceptors (Lipinski definition) is 2. The molecule has 30 heavy (non-hydrogen) atoms. The SMILES string of the molecule is Cc1cc(NC(=O)C(c2ccccc2)c2ccccc2)nn1Cc1ccc(Cl)cc1. The first kappa shape index (κ1) is 19.9. The fourth-order valence-corrected chi connectivity index (χ4v) is 3.60. The number of nitrogens with one attached hydrogen (secondary N) is 1. The highest BCUT2D eigenvalue weighted by Crippen LogP contribution is 2.26. The Morgan fingerprint density at radius 1 is 0.933 bits per heavy atom. The van der Waals surface area contributed by atoms with Crippen molar-refractivity contribution in [2.75, 3.05) is 5.32 Å². The molecule has 0 aliphatic heterocycles. The van der Waals surface area contributed by atoms with Crippen LogP contribution in [0.25, 0.3) is 0 Å². The summed E-state index contributed by atoms with van der Waals surface area (Å²) in [5.41, 5.74) is 3.95. The molecule has 3 aromatic carbocycles. The van der Waals surface area contributed by atoms with Gasteiger partial charge in [0.2, 0.25) is 5.91 Å². The third-order valence-corrected chi connectivity index (χ3v) is 5.26. The van der Waals surface area contributed by atoms with E-state index in [9.17, 15) is 4.79 Å². The van der Waals surface area contributed by atoms with Gasteiger partial charge in [0.1, 0.15) is 0 Å². The molecule has 0 radical (unpaired) electrons. The van der Waals surface area contributed by atoms with Crippen LogP contribution in [0.5, 0.6) is 0 Å². The van der Waals surface area contributed by atoms with Crippen LogP contribution >= 0.6 is 11.6 Å². The van der Waals surface area contributed by atoms with Crippen LogP contribution in [0.1, 0.15) is 28.3 Å². The minimum Gasteiger partial charge on any atom is -0.308 e. The first-order valence-electron chi connectivity index (χ1n) is 9.80. The van der Waals surface area contributed by atoms with Crippen LogP contribution < -0.4 is 5.32 Å². The lowest BCUT2D eigenvalue weighted by Crippen LogP contribution is -2.22. The Kier molecular flexibility index (Phi) is 5.96. The van der Waals surface area contributed by atoms with Crippen LogP contribution in [0, 0.1) is 6.92 Å². The number of benzene rings is 3. The number of halogens is 1. The van der Waals surface area contributed by atoms with Gasteiger partial charge in [-0.1, -0.05) is 84.4 Å². The zero-order valence-corrected chi connectivity index (χ0v) is 17.4. The van der Waals surface area contributed by atoms with Gasteiger partial charge in [0, 0.05) is 16.8 Å². The monoisotopic (exact) mass is 415 g/mol. The second-order valence-electron chi connectivity index (χ2n) is 7.20. The van der Waals surface area contributed by atoms with Crippen molar-refractivity contribution in [1.82, 2.24) is 9.78 Å². The van der Waals surface area contributed by atoms with E-state index >= 15 is 0 Å². The maximum Gasteiger partial charge on any atom is 0.237 e. The molecule has 0 spiro atoms. The lowest BCUT2D eigenvalue weighted by molar-refractivity contribution is -0.116. The van der Waals surface area contributed by atoms with Crippen molar-refractivity contribution < 1.29 is 4.79 Å². The number of nitrogens with zero attached hydrogens (tertiary/aromatic N) is 2. The van der Waals surface area contributed by atoms with Crippen LogP contribution in [0.2, 0.25) is 5.02 Å². The van der Waals surface area contributed by atoms with Gasteiger partial charge in [-0.3, -0.25) is 9.48 Å². The van der Waals surface area contributed by atoms with Crippen molar-refractivity contribution in [3.05, 3.63) is 118 Å². The summed E-state index contributed by atoms with van der Waals surface area (Å²) in [5.74, 6) is 0.0287. The predicted molar refractivity (Wildman–Crippen MR) is 121 cm³/mol. The molecule has 1 amide bonds. The largest absolute Gasteiger partial charge is 0.308 e. The third-order valence-electron chi connectivity index (χ3n) is 5.01. The minimum atomic E-state index is -0.408. The number of amides is 1. The summed E-state index contributed by atoms with van der Waals surface area (Å²) >= 11 is 5.97. The van der Waals surface area contributed by atoms with E-state index in [0.29, 0.717) is 17.4 Å². The van der Waals surface area contributed by atoms with Gasteiger partial charge in [-0.15, -0.1) is 0 Å². The Hall–Kier alpha value is -3.37. The highest BCUT2D eigenvalue weighted by molar-refractivity contribution is 6.30. The van der Waals surface area contributed by atoms with Crippen LogP contribution in [-0.2, 0) is 11.3 Å². The molecule has 0 fully saturated rings. The first-order valence-corrected chi connectivity index (χ1v) is 10.2. The Morgan fingerprint density at radius 2 is 1.50 bits per heavy atom. The van der Waals surface area contributed by atoms with Crippen molar-refractivity contribution >= 4 is 23.3 Å². The average Bonchev–Trinajstić information content (AvgIpc) is 3.10. The molecule has 0 aliphatic rings. The zero-order valence-electron chi connectivity index (χ0n) is 16.6. The highest BCUT2D eigenvalue weighted by atomic mass is 35.5. The molecular formula is C25H22ClN3O. The molecule has 1 N–H and O–H groups in total. The van der Waals surface area contributed by atoms with Crippen molar-refractivity contribution in [3.8, 4) is 0 Å². The standard InChI is InChI=1S/C25H22ClN3O/c1-18-16-23(28-29(18)17-19-12-14-22(26)15-13-19)27-25(30)24(20-8-4-2-5-9-20)21-10-6-3-7-11-21/h2-16,24H,17H2,1H3,(H,27,28,30). The Balaban J connectivity index is 1.56. The molecular weight excluding hydrogens is 394 g/mol. The number of hydrogen-bond donors (Lipinski definition) is 1. The van der Waals surface area contributed by atoms with E-state index in [4.69, 9.17) is 11.6 Å². The molecule has 4 rings (SSSR count). The van der Waals surface area contributed by atoms with Gasteiger partial charge in [-0.25, -0.2) is 0 Å². The molecule has 4 aromatic rings. The normalized spacial score (nSPS) is 10.9. The first-order chi connectivity index (χ1) is 14.6. The fourth-order valence-electron chi connectivity index (χ4n) is 3.48. The maximum absolute atomic E-state index is 13.3. The van der Waals surface area contributed by atoms with E-state index in [1.807, 2.05) is 103 Å². The van der Waals surface area contributed by atoms with E-state index < -0.39 is 5.92 Å². The quantitative estimate of drug-likeness (QED) is 0.441. The molecule has 5 heteroatoms. The maximum atomic E-state index is 13.3. The average molecular weight is 416 g/mol. The molecule has 0 atom stereocenters. The van der Waals surface area contributed by atoms with Crippen LogP contribution in [0.15, 0.2) is 91.0 Å². The van der Waals surface area contributed by atoms with Crippen molar-refractivity contribution in [3.63, 3.8) is 0 Å². The summed E-state index contributed by atoms with van der Waals surface area (Å²) in [6.45, 7) is 2.59. The zero-order chi connectivity index (χ0) is 20.9. The van der Waals surface area contributed by atoms with Gasteiger partial charge < -0.3 is 5.32 Å². The van der Waals surface area contributed by atoms with E-state index in [1.165, 1.54) is 0 Å². The second kappa shape index (κ2) is 8.97. The van der Waals surface area contributed by atoms with E-state index in [-0.39, 0.29) is 5.91 Å². The van der Waals surface area contributed by atoms with Gasteiger partial charge >= 0.3 is 0 Å². The number of aromatic nitrogens is 2. The molecule has 150 valence electrons. The predicted octanol–water partition coefficient (Wildman–Crippen LogP) is 5.66. The summed E-state index contributed by atoms with van der Waals surface area (Å²) in [5, 5.41) is 8.30. The lowest BCUT2D eigenvalue weighted by Gasteiger charge is -2.17. The lowest BCUT2D eigenvalue weighted by atomic mass is 9.90. The second-order valence-corrected chi connectivity index (χ2v) is 7.64. The Labute approximate surface area is 181 Å². The number of carbonyl (C=O) groups excluding carboxylic acids is 1. The Bertz CT molecular complexity index is 1080. The van der Waals surface area contributed by atoms with Crippen LogP contribution in [-0.4, -0.2) is 15.7 Å². The highest BCUT2D eigenvalue weighted by Gasteiger charge is 2.23. The molecule has 0 bridgehead atoms. The number of anilines is 1. The molecule has 1 heterocycles. The summed E-state index contributed by atoms with van der Waals surface area (Å²) in [4.78, 5) is 13.3. The van der Waals surface area contributed by atoms with Gasteiger partial charge in [-0.2, -0.15) is 5.10 Å². The number of carbonyl (C=O) groups is 1.